The first-order valence-corrected chi connectivity index (χ1v) is 5.48. The van der Waals surface area contributed by atoms with Crippen LogP contribution in [0.4, 0.5) is 0 Å². The number of rotatable bonds is 4. The molecule has 0 aliphatic carbocycles. The van der Waals surface area contributed by atoms with Crippen LogP contribution in [0, 0.1) is 0 Å². The van der Waals surface area contributed by atoms with E-state index in [0.29, 0.717) is 6.42 Å². The number of Topliss-reactive ketones (excluding diaryl/α,β-unsaturated/α-hetero) is 1. The summed E-state index contributed by atoms with van der Waals surface area (Å²) in [6.07, 6.45) is 0.550. The van der Waals surface area contributed by atoms with Crippen molar-refractivity contribution in [1.29, 1.82) is 0 Å². The van der Waals surface area contributed by atoms with Crippen LogP contribution in [0.1, 0.15) is 16.8 Å². The standard InChI is InChI=1S/C14H15NO/c1-15-9-8-14(16)13-7-6-11-4-2-3-5-12(11)10-13/h2-7,10,15H,8-9H2,1H3. The molecule has 2 heteroatoms. The van der Waals surface area contributed by atoms with Crippen molar-refractivity contribution in [1.82, 2.24) is 5.32 Å². The zero-order chi connectivity index (χ0) is 11.4. The summed E-state index contributed by atoms with van der Waals surface area (Å²) in [7, 11) is 1.85. The molecule has 0 aromatic heterocycles. The Morgan fingerprint density at radius 2 is 1.88 bits per heavy atom. The lowest BCUT2D eigenvalue weighted by Crippen LogP contribution is -2.12. The molecule has 0 spiro atoms. The Balaban J connectivity index is 2.28. The molecule has 0 aliphatic rings. The highest BCUT2D eigenvalue weighted by atomic mass is 16.1. The van der Waals surface area contributed by atoms with Gasteiger partial charge in [0.1, 0.15) is 0 Å². The topological polar surface area (TPSA) is 29.1 Å². The third kappa shape index (κ3) is 2.28. The Morgan fingerprint density at radius 1 is 1.12 bits per heavy atom. The van der Waals surface area contributed by atoms with Crippen LogP contribution >= 0.6 is 0 Å². The Hall–Kier alpha value is -1.67. The van der Waals surface area contributed by atoms with Crippen molar-refractivity contribution < 1.29 is 4.79 Å². The van der Waals surface area contributed by atoms with Crippen molar-refractivity contribution in [2.75, 3.05) is 13.6 Å². The number of ketones is 1. The quantitative estimate of drug-likeness (QED) is 0.791. The van der Waals surface area contributed by atoms with Crippen molar-refractivity contribution in [3.8, 4) is 0 Å². The monoisotopic (exact) mass is 213 g/mol. The SMILES string of the molecule is CNCCC(=O)c1ccc2ccccc2c1. The third-order valence-corrected chi connectivity index (χ3v) is 2.67. The Kier molecular flexibility index (Phi) is 3.32. The van der Waals surface area contributed by atoms with Crippen LogP contribution in [0.2, 0.25) is 0 Å². The first kappa shape index (κ1) is 10.8. The van der Waals surface area contributed by atoms with Gasteiger partial charge in [-0.15, -0.1) is 0 Å². The van der Waals surface area contributed by atoms with Gasteiger partial charge in [0.05, 0.1) is 0 Å². The van der Waals surface area contributed by atoms with Crippen LogP contribution in [-0.2, 0) is 0 Å². The van der Waals surface area contributed by atoms with Gasteiger partial charge in [-0.05, 0) is 23.9 Å². The fourth-order valence-electron chi connectivity index (χ4n) is 1.75. The molecular formula is C14H15NO. The molecule has 0 aliphatic heterocycles. The molecule has 0 amide bonds. The number of nitrogens with one attached hydrogen (secondary N) is 1. The predicted molar refractivity (Wildman–Crippen MR) is 66.8 cm³/mol. The molecule has 2 nitrogen and oxygen atoms in total. The molecule has 16 heavy (non-hydrogen) atoms. The van der Waals surface area contributed by atoms with Crippen molar-refractivity contribution in [3.05, 3.63) is 48.0 Å². The van der Waals surface area contributed by atoms with E-state index in [1.807, 2.05) is 43.4 Å². The summed E-state index contributed by atoms with van der Waals surface area (Å²) in [5.41, 5.74) is 0.800. The van der Waals surface area contributed by atoms with Crippen LogP contribution < -0.4 is 5.32 Å². The van der Waals surface area contributed by atoms with Gasteiger partial charge >= 0.3 is 0 Å². The van der Waals surface area contributed by atoms with Gasteiger partial charge in [-0.2, -0.15) is 0 Å². The van der Waals surface area contributed by atoms with Gasteiger partial charge in [0.15, 0.2) is 5.78 Å². The van der Waals surface area contributed by atoms with Crippen molar-refractivity contribution in [2.24, 2.45) is 0 Å². The summed E-state index contributed by atoms with van der Waals surface area (Å²) in [4.78, 5) is 11.8. The van der Waals surface area contributed by atoms with Gasteiger partial charge in [-0.25, -0.2) is 0 Å². The average Bonchev–Trinajstić information content (AvgIpc) is 2.35. The summed E-state index contributed by atoms with van der Waals surface area (Å²) >= 11 is 0. The maximum absolute atomic E-state index is 11.8. The number of carbonyl (C=O) groups excluding carboxylic acids is 1. The Morgan fingerprint density at radius 3 is 2.62 bits per heavy atom. The molecule has 2 aromatic rings. The normalized spacial score (nSPS) is 10.6. The molecule has 1 N–H and O–H groups in total. The van der Waals surface area contributed by atoms with E-state index in [-0.39, 0.29) is 5.78 Å². The number of hydrogen-bond donors (Lipinski definition) is 1. The molecule has 2 aromatic carbocycles. The van der Waals surface area contributed by atoms with E-state index >= 15 is 0 Å². The van der Waals surface area contributed by atoms with E-state index < -0.39 is 0 Å². The van der Waals surface area contributed by atoms with E-state index in [1.165, 1.54) is 5.39 Å². The average molecular weight is 213 g/mol. The number of fused-ring (bicyclic) bond motifs is 1. The van der Waals surface area contributed by atoms with E-state index in [2.05, 4.69) is 11.4 Å². The highest BCUT2D eigenvalue weighted by Gasteiger charge is 2.05. The smallest absolute Gasteiger partial charge is 0.164 e. The molecule has 0 bridgehead atoms. The second-order valence-electron chi connectivity index (χ2n) is 3.84. The molecule has 0 atom stereocenters. The Bertz CT molecular complexity index is 505. The van der Waals surface area contributed by atoms with Crippen molar-refractivity contribution in [3.63, 3.8) is 0 Å². The molecule has 0 radical (unpaired) electrons. The predicted octanol–water partition coefficient (Wildman–Crippen LogP) is 2.63. The second-order valence-corrected chi connectivity index (χ2v) is 3.84. The van der Waals surface area contributed by atoms with Gasteiger partial charge in [0, 0.05) is 18.5 Å². The molecule has 0 fully saturated rings. The highest BCUT2D eigenvalue weighted by molar-refractivity contribution is 6.00. The number of carbonyl (C=O) groups is 1. The maximum atomic E-state index is 11.8. The summed E-state index contributed by atoms with van der Waals surface area (Å²) in [5, 5.41) is 5.28. The fourth-order valence-corrected chi connectivity index (χ4v) is 1.75. The maximum Gasteiger partial charge on any atom is 0.164 e. The molecule has 82 valence electrons. The first-order chi connectivity index (χ1) is 7.81. The third-order valence-electron chi connectivity index (χ3n) is 2.67. The van der Waals surface area contributed by atoms with Crippen LogP contribution in [-0.4, -0.2) is 19.4 Å². The van der Waals surface area contributed by atoms with Gasteiger partial charge in [0.2, 0.25) is 0 Å². The van der Waals surface area contributed by atoms with E-state index in [4.69, 9.17) is 0 Å². The van der Waals surface area contributed by atoms with Gasteiger partial charge < -0.3 is 5.32 Å². The summed E-state index contributed by atoms with van der Waals surface area (Å²) in [6, 6.07) is 14.0. The van der Waals surface area contributed by atoms with Crippen LogP contribution in [0.3, 0.4) is 0 Å². The largest absolute Gasteiger partial charge is 0.319 e. The lowest BCUT2D eigenvalue weighted by atomic mass is 10.0. The van der Waals surface area contributed by atoms with Crippen LogP contribution in [0.15, 0.2) is 42.5 Å². The van der Waals surface area contributed by atoms with Crippen molar-refractivity contribution in [2.45, 2.75) is 6.42 Å². The van der Waals surface area contributed by atoms with Crippen LogP contribution in [0.25, 0.3) is 10.8 Å². The van der Waals surface area contributed by atoms with E-state index in [0.717, 1.165) is 17.5 Å². The first-order valence-electron chi connectivity index (χ1n) is 5.48. The molecule has 0 heterocycles. The molecule has 2 rings (SSSR count). The second kappa shape index (κ2) is 4.90. The fraction of sp³-hybridized carbons (Fsp3) is 0.214. The zero-order valence-corrected chi connectivity index (χ0v) is 9.36. The van der Waals surface area contributed by atoms with Crippen molar-refractivity contribution >= 4 is 16.6 Å². The van der Waals surface area contributed by atoms with E-state index in [9.17, 15) is 4.79 Å². The minimum atomic E-state index is 0.195. The molecule has 0 unspecified atom stereocenters. The van der Waals surface area contributed by atoms with Gasteiger partial charge in [-0.1, -0.05) is 36.4 Å². The highest BCUT2D eigenvalue weighted by Crippen LogP contribution is 2.16. The lowest BCUT2D eigenvalue weighted by molar-refractivity contribution is 0.0983. The minimum Gasteiger partial charge on any atom is -0.319 e. The Labute approximate surface area is 95.3 Å². The molecule has 0 saturated heterocycles. The molecule has 0 saturated carbocycles. The van der Waals surface area contributed by atoms with Gasteiger partial charge in [0.25, 0.3) is 0 Å². The number of benzene rings is 2. The molecular weight excluding hydrogens is 198 g/mol. The van der Waals surface area contributed by atoms with Gasteiger partial charge in [-0.3, -0.25) is 4.79 Å². The summed E-state index contributed by atoms with van der Waals surface area (Å²) in [6.45, 7) is 0.728. The van der Waals surface area contributed by atoms with Crippen LogP contribution in [0.5, 0.6) is 0 Å². The lowest BCUT2D eigenvalue weighted by Gasteiger charge is -2.03. The van der Waals surface area contributed by atoms with E-state index in [1.54, 1.807) is 0 Å². The zero-order valence-electron chi connectivity index (χ0n) is 9.36. The summed E-state index contributed by atoms with van der Waals surface area (Å²) in [5.74, 6) is 0.195. The number of hydrogen-bond acceptors (Lipinski definition) is 2. The summed E-state index contributed by atoms with van der Waals surface area (Å²) < 4.78 is 0. The minimum absolute atomic E-state index is 0.195.